The van der Waals surface area contributed by atoms with Crippen LogP contribution in [-0.2, 0) is 0 Å². The summed E-state index contributed by atoms with van der Waals surface area (Å²) in [7, 11) is 0. The topological polar surface area (TPSA) is 0 Å². The van der Waals surface area contributed by atoms with Gasteiger partial charge in [0, 0.05) is 1.37 Å². The van der Waals surface area contributed by atoms with Crippen LogP contribution in [0.3, 0.4) is 0 Å². The van der Waals surface area contributed by atoms with Gasteiger partial charge in [-0.1, -0.05) is 19.8 Å². The van der Waals surface area contributed by atoms with Gasteiger partial charge in [0.05, 0.1) is 0 Å². The van der Waals surface area contributed by atoms with Crippen molar-refractivity contribution in [2.45, 2.75) is 39.0 Å². The largest absolute Gasteiger partial charge is 0.0625 e. The first-order valence-electron chi connectivity index (χ1n) is 4.66. The van der Waals surface area contributed by atoms with E-state index >= 15 is 0 Å². The Kier molecular flexibility index (Phi) is 1.06. The molecule has 9 heavy (non-hydrogen) atoms. The molecular weight excluding hydrogens is 108 g/mol. The molecule has 0 spiro atoms. The van der Waals surface area contributed by atoms with Crippen molar-refractivity contribution in [3.63, 3.8) is 0 Å². The van der Waals surface area contributed by atoms with Gasteiger partial charge in [-0.2, -0.15) is 0 Å². The lowest BCUT2D eigenvalue weighted by atomic mass is 9.74. The highest BCUT2D eigenvalue weighted by Gasteiger charge is 2.32. The van der Waals surface area contributed by atoms with Gasteiger partial charge in [-0.05, 0) is 37.0 Å². The van der Waals surface area contributed by atoms with Gasteiger partial charge in [0.25, 0.3) is 0 Å². The molecule has 3 saturated carbocycles. The van der Waals surface area contributed by atoms with Crippen LogP contribution < -0.4 is 0 Å². The van der Waals surface area contributed by atoms with E-state index in [9.17, 15) is 0 Å². The number of rotatable bonds is 0. The molecule has 0 saturated heterocycles. The fourth-order valence-corrected chi connectivity index (χ4v) is 2.32. The molecule has 0 heteroatoms. The van der Waals surface area contributed by atoms with E-state index in [-0.39, 0.29) is 5.89 Å². The van der Waals surface area contributed by atoms with Gasteiger partial charge in [-0.25, -0.2) is 0 Å². The van der Waals surface area contributed by atoms with E-state index in [1.54, 1.807) is 0 Å². The fourth-order valence-electron chi connectivity index (χ4n) is 2.32. The van der Waals surface area contributed by atoms with E-state index in [0.717, 1.165) is 18.3 Å². The smallest absolute Gasteiger partial charge is 0.0300 e. The third-order valence-corrected chi connectivity index (χ3v) is 2.95. The predicted octanol–water partition coefficient (Wildman–Crippen LogP) is 2.83. The third kappa shape index (κ3) is 0.997. The van der Waals surface area contributed by atoms with Gasteiger partial charge >= 0.3 is 0 Å². The van der Waals surface area contributed by atoms with Gasteiger partial charge in [-0.3, -0.25) is 0 Å². The average Bonchev–Trinajstić information content (AvgIpc) is 1.91. The summed E-state index contributed by atoms with van der Waals surface area (Å²) in [5, 5.41) is 0. The van der Waals surface area contributed by atoms with Crippen LogP contribution in [0.1, 0.15) is 40.4 Å². The van der Waals surface area contributed by atoms with Crippen molar-refractivity contribution in [1.29, 1.82) is 0 Å². The number of hydrogen-bond acceptors (Lipinski definition) is 0. The van der Waals surface area contributed by atoms with Crippen molar-refractivity contribution in [2.75, 3.05) is 0 Å². The summed E-state index contributed by atoms with van der Waals surface area (Å²) in [6, 6.07) is 0. The van der Waals surface area contributed by atoms with Crippen LogP contribution in [0.4, 0.5) is 0 Å². The minimum absolute atomic E-state index is 0.0735. The van der Waals surface area contributed by atoms with Crippen molar-refractivity contribution in [1.82, 2.24) is 0 Å². The van der Waals surface area contributed by atoms with Gasteiger partial charge in [-0.15, -0.1) is 0 Å². The SMILES string of the molecule is [2H][C@@]1(C)CCC2CC(C2)C1. The van der Waals surface area contributed by atoms with Crippen LogP contribution in [0, 0.1) is 17.7 Å². The summed E-state index contributed by atoms with van der Waals surface area (Å²) in [6.45, 7) is 2.10. The average molecular weight is 125 g/mol. The molecule has 3 aliphatic carbocycles. The van der Waals surface area contributed by atoms with Gasteiger partial charge in [0.2, 0.25) is 0 Å². The molecule has 0 aliphatic heterocycles. The molecule has 0 unspecified atom stereocenters. The summed E-state index contributed by atoms with van der Waals surface area (Å²) >= 11 is 0. The second kappa shape index (κ2) is 2.00. The summed E-state index contributed by atoms with van der Waals surface area (Å²) < 4.78 is 7.92. The van der Waals surface area contributed by atoms with E-state index in [1.165, 1.54) is 25.7 Å². The Bertz CT molecular complexity index is 134. The summed E-state index contributed by atoms with van der Waals surface area (Å²) in [4.78, 5) is 0. The minimum Gasteiger partial charge on any atom is -0.0625 e. The van der Waals surface area contributed by atoms with Crippen molar-refractivity contribution >= 4 is 0 Å². The molecule has 1 atom stereocenters. The molecule has 0 aromatic rings. The maximum atomic E-state index is 7.92. The van der Waals surface area contributed by atoms with E-state index in [0.29, 0.717) is 0 Å². The Hall–Kier alpha value is 0. The van der Waals surface area contributed by atoms with Crippen LogP contribution >= 0.6 is 0 Å². The van der Waals surface area contributed by atoms with Gasteiger partial charge < -0.3 is 0 Å². The first-order valence-corrected chi connectivity index (χ1v) is 4.16. The molecule has 0 amide bonds. The highest BCUT2D eigenvalue weighted by atomic mass is 14.4. The zero-order valence-corrected chi connectivity index (χ0v) is 6.19. The maximum Gasteiger partial charge on any atom is 0.0300 e. The normalized spacial score (nSPS) is 59.4. The fraction of sp³-hybridized carbons (Fsp3) is 1.00. The third-order valence-electron chi connectivity index (χ3n) is 2.95. The van der Waals surface area contributed by atoms with E-state index < -0.39 is 0 Å². The summed E-state index contributed by atoms with van der Waals surface area (Å²) in [5.74, 6) is 1.86. The Morgan fingerprint density at radius 1 is 1.11 bits per heavy atom. The van der Waals surface area contributed by atoms with Crippen LogP contribution in [0.25, 0.3) is 0 Å². The molecule has 0 radical (unpaired) electrons. The van der Waals surface area contributed by atoms with E-state index in [1.807, 2.05) is 0 Å². The van der Waals surface area contributed by atoms with Crippen LogP contribution in [0.15, 0.2) is 0 Å². The lowest BCUT2D eigenvalue weighted by Gasteiger charge is -2.32. The summed E-state index contributed by atoms with van der Waals surface area (Å²) in [6.07, 6.45) is 6.52. The molecule has 52 valence electrons. The molecule has 3 aliphatic rings. The molecule has 3 fully saturated rings. The number of hydrogen-bond donors (Lipinski definition) is 0. The van der Waals surface area contributed by atoms with Crippen LogP contribution in [-0.4, -0.2) is 0 Å². The highest BCUT2D eigenvalue weighted by molar-refractivity contribution is 4.84. The molecule has 0 nitrogen and oxygen atoms in total. The molecule has 0 aromatic heterocycles. The van der Waals surface area contributed by atoms with Gasteiger partial charge in [0.1, 0.15) is 0 Å². The Morgan fingerprint density at radius 3 is 2.67 bits per heavy atom. The Morgan fingerprint density at radius 2 is 1.89 bits per heavy atom. The zero-order chi connectivity index (χ0) is 7.19. The molecular formula is C9H16. The monoisotopic (exact) mass is 125 g/mol. The first-order chi connectivity index (χ1) is 4.66. The maximum absolute atomic E-state index is 7.92. The first kappa shape index (κ1) is 4.76. The molecule has 0 aromatic carbocycles. The molecule has 2 bridgehead atoms. The quantitative estimate of drug-likeness (QED) is 0.467. The highest BCUT2D eigenvalue weighted by Crippen LogP contribution is 2.45. The Balaban J connectivity index is 2.03. The van der Waals surface area contributed by atoms with E-state index in [2.05, 4.69) is 6.92 Å². The van der Waals surface area contributed by atoms with Crippen molar-refractivity contribution in [3.8, 4) is 0 Å². The second-order valence-electron chi connectivity index (χ2n) is 3.90. The van der Waals surface area contributed by atoms with Crippen LogP contribution in [0.2, 0.25) is 0 Å². The Labute approximate surface area is 59.1 Å². The predicted molar refractivity (Wildman–Crippen MR) is 39.2 cm³/mol. The van der Waals surface area contributed by atoms with Crippen molar-refractivity contribution in [2.24, 2.45) is 17.7 Å². The summed E-state index contributed by atoms with van der Waals surface area (Å²) in [5.41, 5.74) is 0. The van der Waals surface area contributed by atoms with Crippen molar-refractivity contribution in [3.05, 3.63) is 0 Å². The molecule has 0 heterocycles. The zero-order valence-electron chi connectivity index (χ0n) is 7.19. The van der Waals surface area contributed by atoms with Crippen LogP contribution in [0.5, 0.6) is 0 Å². The van der Waals surface area contributed by atoms with E-state index in [4.69, 9.17) is 1.37 Å². The van der Waals surface area contributed by atoms with Crippen molar-refractivity contribution < 1.29 is 1.37 Å². The molecule has 3 rings (SSSR count). The number of fused-ring (bicyclic) bond motifs is 3. The standard InChI is InChI=1S/C9H16/c1-7-2-3-8-5-9(4-7)6-8/h7-9H,2-6H2,1H3/t7-,8?,9?/m1/s1/i7D. The second-order valence-corrected chi connectivity index (χ2v) is 3.90. The minimum atomic E-state index is -0.0735. The lowest BCUT2D eigenvalue weighted by molar-refractivity contribution is 0.195. The van der Waals surface area contributed by atoms with Gasteiger partial charge in [0.15, 0.2) is 0 Å². The molecule has 0 N–H and O–H groups in total. The lowest BCUT2D eigenvalue weighted by Crippen LogP contribution is -2.20.